The second-order valence-electron chi connectivity index (χ2n) is 7.16. The van der Waals surface area contributed by atoms with Crippen LogP contribution in [0.5, 0.6) is 0 Å². The van der Waals surface area contributed by atoms with Crippen molar-refractivity contribution in [2.75, 3.05) is 6.61 Å². The number of halogens is 2. The fourth-order valence-electron chi connectivity index (χ4n) is 3.16. The summed E-state index contributed by atoms with van der Waals surface area (Å²) in [6.45, 7) is -0.579. The van der Waals surface area contributed by atoms with Crippen molar-refractivity contribution in [1.29, 1.82) is 0 Å². The van der Waals surface area contributed by atoms with E-state index in [9.17, 15) is 14.4 Å². The highest BCUT2D eigenvalue weighted by atomic mass is 79.9. The average Bonchev–Trinajstić information content (AvgIpc) is 2.86. The van der Waals surface area contributed by atoms with Crippen LogP contribution < -0.4 is 10.9 Å². The molecule has 7 nitrogen and oxygen atoms in total. The Morgan fingerprint density at radius 2 is 1.62 bits per heavy atom. The number of hydrogen-bond acceptors (Lipinski definition) is 5. The number of ether oxygens (including phenoxy) is 1. The van der Waals surface area contributed by atoms with E-state index in [0.717, 1.165) is 10.0 Å². The molecule has 1 aromatic heterocycles. The van der Waals surface area contributed by atoms with Gasteiger partial charge in [0.2, 0.25) is 0 Å². The summed E-state index contributed by atoms with van der Waals surface area (Å²) in [5.74, 6) is -1.91. The fourth-order valence-corrected chi connectivity index (χ4v) is 3.55. The zero-order chi connectivity index (χ0) is 24.1. The third-order valence-electron chi connectivity index (χ3n) is 4.83. The van der Waals surface area contributed by atoms with Crippen molar-refractivity contribution in [3.05, 3.63) is 99.5 Å². The summed E-state index contributed by atoms with van der Waals surface area (Å²) in [5.41, 5.74) is 7.11. The maximum absolute atomic E-state index is 12.9. The number of carbonyl (C=O) groups is 3. The highest BCUT2D eigenvalue weighted by molar-refractivity contribution is 9.10. The second kappa shape index (κ2) is 10.5. The summed E-state index contributed by atoms with van der Waals surface area (Å²) in [5, 5.41) is 1.09. The van der Waals surface area contributed by atoms with Crippen LogP contribution in [0.1, 0.15) is 20.7 Å². The van der Waals surface area contributed by atoms with Crippen molar-refractivity contribution in [3.8, 4) is 11.3 Å². The number of aromatic nitrogens is 1. The standard InChI is InChI=1S/C25H17BrClN3O4/c26-17-9-5-15(6-10-17)22-13-20(19-3-1-2-4-21(19)28-22)25(33)34-14-23(31)29-30-24(32)16-7-11-18(27)12-8-16/h1-13H,14H2,(H,29,31)(H,30,32). The van der Waals surface area contributed by atoms with Gasteiger partial charge in [0.1, 0.15) is 0 Å². The lowest BCUT2D eigenvalue weighted by Crippen LogP contribution is -2.43. The van der Waals surface area contributed by atoms with Gasteiger partial charge in [-0.2, -0.15) is 0 Å². The topological polar surface area (TPSA) is 97.4 Å². The van der Waals surface area contributed by atoms with Gasteiger partial charge in [-0.25, -0.2) is 9.78 Å². The summed E-state index contributed by atoms with van der Waals surface area (Å²) >= 11 is 9.20. The minimum Gasteiger partial charge on any atom is -0.452 e. The largest absolute Gasteiger partial charge is 0.452 e. The van der Waals surface area contributed by atoms with Crippen LogP contribution in [0.4, 0.5) is 0 Å². The van der Waals surface area contributed by atoms with Gasteiger partial charge in [0.15, 0.2) is 6.61 Å². The number of pyridine rings is 1. The van der Waals surface area contributed by atoms with Gasteiger partial charge in [0, 0.05) is 26.0 Å². The van der Waals surface area contributed by atoms with E-state index in [2.05, 4.69) is 31.8 Å². The molecular weight excluding hydrogens is 522 g/mol. The van der Waals surface area contributed by atoms with Gasteiger partial charge >= 0.3 is 5.97 Å². The van der Waals surface area contributed by atoms with Gasteiger partial charge in [0.25, 0.3) is 11.8 Å². The second-order valence-corrected chi connectivity index (χ2v) is 8.52. The van der Waals surface area contributed by atoms with Crippen LogP contribution in [0.3, 0.4) is 0 Å². The molecule has 9 heteroatoms. The predicted molar refractivity (Wildman–Crippen MR) is 132 cm³/mol. The Balaban J connectivity index is 1.45. The highest BCUT2D eigenvalue weighted by Crippen LogP contribution is 2.26. The maximum atomic E-state index is 12.9. The Morgan fingerprint density at radius 1 is 0.912 bits per heavy atom. The first-order valence-corrected chi connectivity index (χ1v) is 11.3. The lowest BCUT2D eigenvalue weighted by atomic mass is 10.0. The van der Waals surface area contributed by atoms with E-state index in [0.29, 0.717) is 27.2 Å². The number of amides is 2. The highest BCUT2D eigenvalue weighted by Gasteiger charge is 2.17. The zero-order valence-electron chi connectivity index (χ0n) is 17.5. The van der Waals surface area contributed by atoms with Gasteiger partial charge in [-0.05, 0) is 48.5 Å². The van der Waals surface area contributed by atoms with Crippen molar-refractivity contribution in [3.63, 3.8) is 0 Å². The summed E-state index contributed by atoms with van der Waals surface area (Å²) in [6, 6.07) is 22.5. The van der Waals surface area contributed by atoms with Crippen LogP contribution in [0.15, 0.2) is 83.3 Å². The minimum absolute atomic E-state index is 0.279. The summed E-state index contributed by atoms with van der Waals surface area (Å²) in [6.07, 6.45) is 0. The van der Waals surface area contributed by atoms with E-state index in [4.69, 9.17) is 16.3 Å². The van der Waals surface area contributed by atoms with Crippen LogP contribution in [-0.4, -0.2) is 29.4 Å². The zero-order valence-corrected chi connectivity index (χ0v) is 19.9. The first-order valence-electron chi connectivity index (χ1n) is 10.1. The Bertz CT molecular complexity index is 1380. The minimum atomic E-state index is -0.692. The number of esters is 1. The average molecular weight is 539 g/mol. The van der Waals surface area contributed by atoms with Crippen LogP contribution in [0, 0.1) is 0 Å². The van der Waals surface area contributed by atoms with E-state index < -0.39 is 24.4 Å². The first-order chi connectivity index (χ1) is 16.4. The van der Waals surface area contributed by atoms with Crippen molar-refractivity contribution in [1.82, 2.24) is 15.8 Å². The normalized spacial score (nSPS) is 10.5. The molecule has 170 valence electrons. The van der Waals surface area contributed by atoms with Crippen molar-refractivity contribution in [2.24, 2.45) is 0 Å². The number of nitrogens with one attached hydrogen (secondary N) is 2. The van der Waals surface area contributed by atoms with E-state index >= 15 is 0 Å². The van der Waals surface area contributed by atoms with Gasteiger partial charge < -0.3 is 4.74 Å². The van der Waals surface area contributed by atoms with Crippen LogP contribution >= 0.6 is 27.5 Å². The van der Waals surface area contributed by atoms with Crippen LogP contribution in [0.25, 0.3) is 22.2 Å². The van der Waals surface area contributed by atoms with Crippen LogP contribution in [-0.2, 0) is 9.53 Å². The smallest absolute Gasteiger partial charge is 0.339 e. The Hall–Kier alpha value is -3.75. The SMILES string of the molecule is O=C(COC(=O)c1cc(-c2ccc(Br)cc2)nc2ccccc12)NNC(=O)c1ccc(Cl)cc1. The molecule has 0 aliphatic heterocycles. The first kappa shape index (κ1) is 23.4. The van der Waals surface area contributed by atoms with Crippen molar-refractivity contribution < 1.29 is 19.1 Å². The summed E-state index contributed by atoms with van der Waals surface area (Å²) < 4.78 is 6.13. The van der Waals surface area contributed by atoms with Gasteiger partial charge in [-0.1, -0.05) is 57.9 Å². The lowest BCUT2D eigenvalue weighted by molar-refractivity contribution is -0.125. The quantitative estimate of drug-likeness (QED) is 0.277. The maximum Gasteiger partial charge on any atom is 0.339 e. The molecule has 0 bridgehead atoms. The fraction of sp³-hybridized carbons (Fsp3) is 0.0400. The molecule has 0 unspecified atom stereocenters. The van der Waals surface area contributed by atoms with Crippen molar-refractivity contribution >= 4 is 56.2 Å². The molecule has 4 aromatic rings. The van der Waals surface area contributed by atoms with Gasteiger partial charge in [-0.3, -0.25) is 20.4 Å². The number of fused-ring (bicyclic) bond motifs is 1. The Morgan fingerprint density at radius 3 is 2.35 bits per heavy atom. The number of rotatable bonds is 5. The predicted octanol–water partition coefficient (Wildman–Crippen LogP) is 4.94. The lowest BCUT2D eigenvalue weighted by Gasteiger charge is -2.11. The summed E-state index contributed by atoms with van der Waals surface area (Å²) in [4.78, 5) is 41.7. The summed E-state index contributed by atoms with van der Waals surface area (Å²) in [7, 11) is 0. The molecule has 0 fully saturated rings. The molecule has 0 aliphatic rings. The number of nitrogens with zero attached hydrogens (tertiary/aromatic N) is 1. The molecule has 2 N–H and O–H groups in total. The van der Waals surface area contributed by atoms with Gasteiger partial charge in [-0.15, -0.1) is 0 Å². The van der Waals surface area contributed by atoms with Crippen LogP contribution in [0.2, 0.25) is 5.02 Å². The Kier molecular flexibility index (Phi) is 7.20. The van der Waals surface area contributed by atoms with Crippen molar-refractivity contribution in [2.45, 2.75) is 0 Å². The molecule has 0 spiro atoms. The molecule has 1 heterocycles. The third kappa shape index (κ3) is 5.59. The molecule has 4 rings (SSSR count). The third-order valence-corrected chi connectivity index (χ3v) is 5.61. The molecule has 2 amide bonds. The van der Waals surface area contributed by atoms with E-state index in [1.165, 1.54) is 12.1 Å². The van der Waals surface area contributed by atoms with Gasteiger partial charge in [0.05, 0.1) is 16.8 Å². The van der Waals surface area contributed by atoms with E-state index in [-0.39, 0.29) is 5.56 Å². The molecule has 34 heavy (non-hydrogen) atoms. The molecular formula is C25H17BrClN3O4. The number of carbonyl (C=O) groups excluding carboxylic acids is 3. The number of para-hydroxylation sites is 1. The molecule has 0 aliphatic carbocycles. The van der Waals surface area contributed by atoms with E-state index in [1.807, 2.05) is 30.3 Å². The molecule has 0 atom stereocenters. The number of hydrogen-bond donors (Lipinski definition) is 2. The molecule has 3 aromatic carbocycles. The monoisotopic (exact) mass is 537 g/mol. The number of hydrazine groups is 1. The molecule has 0 radical (unpaired) electrons. The molecule has 0 saturated heterocycles. The molecule has 0 saturated carbocycles. The van der Waals surface area contributed by atoms with E-state index in [1.54, 1.807) is 36.4 Å². The number of benzene rings is 3. The Labute approximate surface area is 208 Å².